The molecule has 1 heterocycles. The lowest BCUT2D eigenvalue weighted by molar-refractivity contribution is -0.385. The number of nitrogens with one attached hydrogen (secondary N) is 1. The Bertz CT molecular complexity index is 810. The Morgan fingerprint density at radius 3 is 2.36 bits per heavy atom. The quantitative estimate of drug-likeness (QED) is 0.613. The number of hydrogen-bond acceptors (Lipinski definition) is 5. The molecule has 2 aromatic rings. The van der Waals surface area contributed by atoms with Crippen LogP contribution in [0.5, 0.6) is 0 Å². The number of amides is 1. The molecule has 132 valence electrons. The van der Waals surface area contributed by atoms with Gasteiger partial charge in [-0.2, -0.15) is 0 Å². The number of pyridine rings is 1. The van der Waals surface area contributed by atoms with Gasteiger partial charge in [-0.3, -0.25) is 24.3 Å². The summed E-state index contributed by atoms with van der Waals surface area (Å²) >= 11 is 0. The van der Waals surface area contributed by atoms with Crippen molar-refractivity contribution in [1.29, 1.82) is 0 Å². The minimum Gasteiger partial charge on any atom is -0.372 e. The molecule has 8 nitrogen and oxygen atoms in total. The van der Waals surface area contributed by atoms with E-state index >= 15 is 0 Å². The third-order valence-corrected chi connectivity index (χ3v) is 3.77. The number of aromatic nitrogens is 1. The van der Waals surface area contributed by atoms with Crippen LogP contribution in [0.3, 0.4) is 0 Å². The lowest BCUT2D eigenvalue weighted by atomic mass is 10.2. The largest absolute Gasteiger partial charge is 0.372 e. The van der Waals surface area contributed by atoms with E-state index in [0.717, 1.165) is 41.7 Å². The molecule has 1 amide bonds. The van der Waals surface area contributed by atoms with E-state index in [1.807, 2.05) is 12.1 Å². The van der Waals surface area contributed by atoms with Gasteiger partial charge in [-0.25, -0.2) is 0 Å². The predicted octanol–water partition coefficient (Wildman–Crippen LogP) is 2.24. The first-order valence-electron chi connectivity index (χ1n) is 7.94. The number of anilines is 2. The smallest absolute Gasteiger partial charge is 0.285 e. The zero-order chi connectivity index (χ0) is 18.4. The van der Waals surface area contributed by atoms with Crippen molar-refractivity contribution in [3.05, 3.63) is 63.1 Å². The van der Waals surface area contributed by atoms with Crippen molar-refractivity contribution >= 4 is 23.0 Å². The Labute approximate surface area is 144 Å². The molecule has 0 aliphatic carbocycles. The highest BCUT2D eigenvalue weighted by molar-refractivity contribution is 5.90. The van der Waals surface area contributed by atoms with Gasteiger partial charge in [0, 0.05) is 36.6 Å². The summed E-state index contributed by atoms with van der Waals surface area (Å²) in [5.74, 6) is -0.432. The van der Waals surface area contributed by atoms with Crippen molar-refractivity contribution in [2.24, 2.45) is 0 Å². The predicted molar refractivity (Wildman–Crippen MR) is 96.0 cm³/mol. The molecule has 8 heteroatoms. The van der Waals surface area contributed by atoms with Crippen molar-refractivity contribution in [3.8, 4) is 0 Å². The van der Waals surface area contributed by atoms with Gasteiger partial charge in [-0.05, 0) is 38.1 Å². The topological polar surface area (TPSA) is 97.5 Å². The summed E-state index contributed by atoms with van der Waals surface area (Å²) in [4.78, 5) is 36.1. The van der Waals surface area contributed by atoms with Crippen LogP contribution >= 0.6 is 0 Å². The molecule has 0 saturated carbocycles. The number of carbonyl (C=O) groups is 1. The van der Waals surface area contributed by atoms with Gasteiger partial charge in [0.2, 0.25) is 5.91 Å². The molecule has 1 aromatic heterocycles. The number of benzene rings is 1. The van der Waals surface area contributed by atoms with Gasteiger partial charge >= 0.3 is 0 Å². The van der Waals surface area contributed by atoms with Gasteiger partial charge in [0.1, 0.15) is 6.54 Å². The van der Waals surface area contributed by atoms with Crippen LogP contribution < -0.4 is 15.8 Å². The van der Waals surface area contributed by atoms with Crippen LogP contribution in [-0.2, 0) is 11.3 Å². The molecule has 2 rings (SSSR count). The number of hydrogen-bond donors (Lipinski definition) is 1. The van der Waals surface area contributed by atoms with E-state index in [1.165, 1.54) is 0 Å². The van der Waals surface area contributed by atoms with E-state index in [9.17, 15) is 19.7 Å². The van der Waals surface area contributed by atoms with E-state index in [2.05, 4.69) is 24.1 Å². The Kier molecular flexibility index (Phi) is 5.89. The average Bonchev–Trinajstić information content (AvgIpc) is 2.59. The number of rotatable bonds is 7. The Morgan fingerprint density at radius 2 is 1.80 bits per heavy atom. The van der Waals surface area contributed by atoms with Crippen LogP contribution in [0.4, 0.5) is 17.1 Å². The fourth-order valence-corrected chi connectivity index (χ4v) is 2.45. The molecule has 1 aromatic carbocycles. The minimum absolute atomic E-state index is 0.240. The lowest BCUT2D eigenvalue weighted by Crippen LogP contribution is -2.27. The molecule has 0 spiro atoms. The number of carbonyl (C=O) groups excluding carboxylic acids is 1. The second-order valence-corrected chi connectivity index (χ2v) is 5.38. The minimum atomic E-state index is -0.611. The second-order valence-electron chi connectivity index (χ2n) is 5.38. The van der Waals surface area contributed by atoms with Crippen molar-refractivity contribution in [1.82, 2.24) is 4.57 Å². The fraction of sp³-hybridized carbons (Fsp3) is 0.294. The van der Waals surface area contributed by atoms with Crippen molar-refractivity contribution in [2.45, 2.75) is 20.4 Å². The Balaban J connectivity index is 2.07. The molecular weight excluding hydrogens is 324 g/mol. The molecule has 0 saturated heterocycles. The van der Waals surface area contributed by atoms with Crippen molar-refractivity contribution in [3.63, 3.8) is 0 Å². The maximum atomic E-state index is 12.1. The normalized spacial score (nSPS) is 10.3. The van der Waals surface area contributed by atoms with Crippen LogP contribution in [0.15, 0.2) is 47.4 Å². The standard InChI is InChI=1S/C17H20N4O4/c1-3-19(4-2)14-7-5-13(6-8-14)18-16(22)12-20-11-15(21(24)25)9-10-17(20)23/h5-11H,3-4,12H2,1-2H3,(H,18,22). The van der Waals surface area contributed by atoms with Crippen LogP contribution in [-0.4, -0.2) is 28.5 Å². The van der Waals surface area contributed by atoms with E-state index in [-0.39, 0.29) is 12.2 Å². The summed E-state index contributed by atoms with van der Waals surface area (Å²) in [6, 6.07) is 9.56. The van der Waals surface area contributed by atoms with Gasteiger partial charge < -0.3 is 10.2 Å². The van der Waals surface area contributed by atoms with E-state index in [0.29, 0.717) is 5.69 Å². The Morgan fingerprint density at radius 1 is 1.16 bits per heavy atom. The van der Waals surface area contributed by atoms with Gasteiger partial charge in [0.15, 0.2) is 0 Å². The van der Waals surface area contributed by atoms with Gasteiger partial charge in [0.05, 0.1) is 11.1 Å². The summed E-state index contributed by atoms with van der Waals surface area (Å²) in [7, 11) is 0. The maximum Gasteiger partial charge on any atom is 0.285 e. The van der Waals surface area contributed by atoms with Crippen LogP contribution in [0, 0.1) is 10.1 Å². The zero-order valence-corrected chi connectivity index (χ0v) is 14.1. The number of nitro groups is 1. The fourth-order valence-electron chi connectivity index (χ4n) is 2.45. The van der Waals surface area contributed by atoms with Crippen LogP contribution in [0.25, 0.3) is 0 Å². The molecular formula is C17H20N4O4. The summed E-state index contributed by atoms with van der Waals surface area (Å²) in [6.45, 7) is 5.61. The first kappa shape index (κ1) is 18.2. The average molecular weight is 344 g/mol. The highest BCUT2D eigenvalue weighted by Crippen LogP contribution is 2.17. The molecule has 0 radical (unpaired) electrons. The first-order chi connectivity index (χ1) is 11.9. The summed E-state index contributed by atoms with van der Waals surface area (Å²) < 4.78 is 1.01. The monoisotopic (exact) mass is 344 g/mol. The maximum absolute atomic E-state index is 12.1. The third kappa shape index (κ3) is 4.66. The second kappa shape index (κ2) is 8.09. The summed E-state index contributed by atoms with van der Waals surface area (Å²) in [5, 5.41) is 13.4. The molecule has 25 heavy (non-hydrogen) atoms. The first-order valence-corrected chi connectivity index (χ1v) is 7.94. The van der Waals surface area contributed by atoms with Gasteiger partial charge in [-0.1, -0.05) is 0 Å². The van der Waals surface area contributed by atoms with Gasteiger partial charge in [-0.15, -0.1) is 0 Å². The molecule has 0 aliphatic heterocycles. The number of nitrogens with zero attached hydrogens (tertiary/aromatic N) is 3. The SMILES string of the molecule is CCN(CC)c1ccc(NC(=O)Cn2cc([N+](=O)[O-])ccc2=O)cc1. The Hall–Kier alpha value is -3.16. The van der Waals surface area contributed by atoms with Crippen molar-refractivity contribution in [2.75, 3.05) is 23.3 Å². The van der Waals surface area contributed by atoms with E-state index < -0.39 is 16.4 Å². The molecule has 0 fully saturated rings. The molecule has 1 N–H and O–H groups in total. The van der Waals surface area contributed by atoms with E-state index in [1.54, 1.807) is 12.1 Å². The molecule has 0 unspecified atom stereocenters. The lowest BCUT2D eigenvalue weighted by Gasteiger charge is -2.21. The highest BCUT2D eigenvalue weighted by Gasteiger charge is 2.11. The summed E-state index contributed by atoms with van der Waals surface area (Å²) in [6.07, 6.45) is 1.06. The molecule has 0 aliphatic rings. The van der Waals surface area contributed by atoms with Crippen LogP contribution in [0.1, 0.15) is 13.8 Å². The summed E-state index contributed by atoms with van der Waals surface area (Å²) in [5.41, 5.74) is 0.936. The third-order valence-electron chi connectivity index (χ3n) is 3.77. The molecule has 0 atom stereocenters. The van der Waals surface area contributed by atoms with E-state index in [4.69, 9.17) is 0 Å². The highest BCUT2D eigenvalue weighted by atomic mass is 16.6. The van der Waals surface area contributed by atoms with Crippen LogP contribution in [0.2, 0.25) is 0 Å². The van der Waals surface area contributed by atoms with Crippen molar-refractivity contribution < 1.29 is 9.72 Å². The zero-order valence-electron chi connectivity index (χ0n) is 14.1. The van der Waals surface area contributed by atoms with Gasteiger partial charge in [0.25, 0.3) is 11.2 Å². The molecule has 0 bridgehead atoms.